The lowest BCUT2D eigenvalue weighted by Gasteiger charge is -2.37. The number of nitrogens with one attached hydrogen (secondary N) is 1. The third-order valence-electron chi connectivity index (χ3n) is 12.7. The second-order valence-corrected chi connectivity index (χ2v) is 21.3. The molecule has 3 heterocycles. The zero-order valence-electron chi connectivity index (χ0n) is 35.0. The number of anilines is 3. The normalized spacial score (nSPS) is 20.0. The number of nitro benzene ring substituents is 1. The lowest BCUT2D eigenvalue weighted by molar-refractivity contribution is -0.385. The van der Waals surface area contributed by atoms with E-state index in [9.17, 15) is 20.0 Å². The zero-order valence-corrected chi connectivity index (χ0v) is 36.0. The van der Waals surface area contributed by atoms with Gasteiger partial charge in [-0.15, -0.1) is 5.10 Å². The first-order chi connectivity index (χ1) is 29.8. The number of amides is 2. The Morgan fingerprint density at radius 2 is 1.76 bits per heavy atom. The second-order valence-electron chi connectivity index (χ2n) is 16.6. The molecule has 15 heteroatoms. The number of aliphatic hydroxyl groups excluding tert-OH is 1. The van der Waals surface area contributed by atoms with Gasteiger partial charge in [0.1, 0.15) is 5.75 Å². The molecule has 5 atom stereocenters. The van der Waals surface area contributed by atoms with Gasteiger partial charge in [-0.05, 0) is 77.7 Å². The number of nitrogens with two attached hydrogens (primary N) is 1. The summed E-state index contributed by atoms with van der Waals surface area (Å²) in [6, 6.07) is 36.2. The fraction of sp³-hybridized carbons (Fsp3) is 0.277. The van der Waals surface area contributed by atoms with Gasteiger partial charge >= 0.3 is 0 Å². The highest BCUT2D eigenvalue weighted by atomic mass is 28.3. The molecular formula is C47H49N7O7Si. The van der Waals surface area contributed by atoms with Crippen molar-refractivity contribution in [3.63, 3.8) is 0 Å². The first-order valence-electron chi connectivity index (χ1n) is 20.6. The number of hydrogen-bond donors (Lipinski definition) is 3. The summed E-state index contributed by atoms with van der Waals surface area (Å²) in [5, 5.41) is 35.6. The van der Waals surface area contributed by atoms with Crippen molar-refractivity contribution in [2.24, 2.45) is 5.92 Å². The number of fused-ring (bicyclic) bond motifs is 2. The largest absolute Gasteiger partial charge is 0.497 e. The number of carbonyl (C=O) groups excluding carboxylic acids is 2. The predicted octanol–water partition coefficient (Wildman–Crippen LogP) is 7.01. The van der Waals surface area contributed by atoms with E-state index in [1.807, 2.05) is 73.8 Å². The van der Waals surface area contributed by atoms with Crippen LogP contribution < -0.4 is 25.9 Å². The third kappa shape index (κ3) is 7.74. The maximum atomic E-state index is 15.4. The number of aromatic nitrogens is 3. The van der Waals surface area contributed by atoms with Gasteiger partial charge in [0.25, 0.3) is 17.5 Å². The molecular weight excluding hydrogens is 803 g/mol. The molecule has 1 spiro atoms. The van der Waals surface area contributed by atoms with Crippen molar-refractivity contribution in [2.45, 2.75) is 62.7 Å². The molecule has 0 radical (unpaired) electrons. The van der Waals surface area contributed by atoms with Crippen LogP contribution in [0.4, 0.5) is 22.7 Å². The smallest absolute Gasteiger partial charge is 0.269 e. The van der Waals surface area contributed by atoms with E-state index in [2.05, 4.69) is 40.9 Å². The number of carbonyl (C=O) groups is 2. The average molecular weight is 852 g/mol. The number of nitro groups is 1. The Balaban J connectivity index is 1.14. The summed E-state index contributed by atoms with van der Waals surface area (Å²) in [4.78, 5) is 42.0. The molecule has 1 saturated heterocycles. The van der Waals surface area contributed by atoms with E-state index in [4.69, 9.17) is 15.2 Å². The van der Waals surface area contributed by atoms with Crippen molar-refractivity contribution in [1.29, 1.82) is 0 Å². The minimum atomic E-state index is -2.55. The zero-order chi connectivity index (χ0) is 43.8. The molecule has 0 bridgehead atoms. The van der Waals surface area contributed by atoms with E-state index in [1.54, 1.807) is 53.1 Å². The Hall–Kier alpha value is -6.68. The standard InChI is InChI=1S/C47H49N7O7Si/c1-30-44(62(3,4)38-20-18-37(60-2)19-21-38)43(23-24-52-28-41(50-51-52)39(29-55)32-10-6-5-7-11-32)61-47(30)40-26-36(54(58)59)17-22-42(40)53(46(47)57)27-31-9-8-12-35(25-31)49-45(56)33-13-15-34(48)16-14-33/h5-22,25-26,28,30,39,43-44,55H,23-24,27,29,48H2,1-4H3,(H,49,56)/t30-,39?,43+,44-,47+/m1/s1. The van der Waals surface area contributed by atoms with Gasteiger partial charge in [0.05, 0.1) is 56.7 Å². The summed E-state index contributed by atoms with van der Waals surface area (Å²) in [6.45, 7) is 6.99. The highest BCUT2D eigenvalue weighted by molar-refractivity contribution is 6.91. The molecule has 1 aromatic heterocycles. The van der Waals surface area contributed by atoms with Crippen molar-refractivity contribution in [1.82, 2.24) is 15.0 Å². The SMILES string of the molecule is COc1ccc([Si](C)(C)[C@H]2[C@H](CCn3cc(C(CO)c4ccccc4)nn3)O[C@@]3(C(=O)N(Cc4cccc(NC(=O)c5ccc(N)cc5)c4)c4ccc([N+](=O)[O-])cc43)[C@@H]2C)cc1. The molecule has 4 N–H and O–H groups in total. The molecule has 0 aliphatic carbocycles. The number of hydrogen-bond acceptors (Lipinski definition) is 10. The summed E-state index contributed by atoms with van der Waals surface area (Å²) in [7, 11) is -0.921. The highest BCUT2D eigenvalue weighted by Gasteiger charge is 2.66. The molecule has 5 aromatic carbocycles. The van der Waals surface area contributed by atoms with Gasteiger partial charge < -0.3 is 30.5 Å². The quantitative estimate of drug-likeness (QED) is 0.0446. The number of methoxy groups -OCH3 is 1. The van der Waals surface area contributed by atoms with Gasteiger partial charge in [-0.2, -0.15) is 0 Å². The number of benzene rings is 5. The fourth-order valence-electron chi connectivity index (χ4n) is 9.51. The van der Waals surface area contributed by atoms with Gasteiger partial charge in [-0.25, -0.2) is 0 Å². The van der Waals surface area contributed by atoms with Gasteiger partial charge in [0.15, 0.2) is 5.60 Å². The molecule has 14 nitrogen and oxygen atoms in total. The van der Waals surface area contributed by atoms with Crippen LogP contribution in [0.3, 0.4) is 0 Å². The molecule has 2 aliphatic heterocycles. The van der Waals surface area contributed by atoms with Crippen LogP contribution in [-0.2, 0) is 28.2 Å². The Morgan fingerprint density at radius 3 is 2.45 bits per heavy atom. The van der Waals surface area contributed by atoms with E-state index < -0.39 is 30.6 Å². The van der Waals surface area contributed by atoms with E-state index in [0.29, 0.717) is 46.8 Å². The molecule has 0 saturated carbocycles. The van der Waals surface area contributed by atoms with Crippen molar-refractivity contribution >= 4 is 47.8 Å². The van der Waals surface area contributed by atoms with E-state index in [-0.39, 0.29) is 42.1 Å². The van der Waals surface area contributed by atoms with Gasteiger partial charge in [-0.3, -0.25) is 24.4 Å². The van der Waals surface area contributed by atoms with Gasteiger partial charge in [0, 0.05) is 53.3 Å². The van der Waals surface area contributed by atoms with Crippen LogP contribution in [0, 0.1) is 16.0 Å². The molecule has 6 aromatic rings. The molecule has 8 rings (SSSR count). The van der Waals surface area contributed by atoms with Crippen LogP contribution in [0.15, 0.2) is 128 Å². The summed E-state index contributed by atoms with van der Waals surface area (Å²) in [5.74, 6) is -0.641. The molecule has 318 valence electrons. The second kappa shape index (κ2) is 17.0. The average Bonchev–Trinajstić information content (AvgIpc) is 3.93. The van der Waals surface area contributed by atoms with E-state index >= 15 is 4.79 Å². The number of nitrogens with zero attached hydrogens (tertiary/aromatic N) is 5. The first kappa shape index (κ1) is 42.0. The van der Waals surface area contributed by atoms with Crippen molar-refractivity contribution in [3.05, 3.63) is 166 Å². The van der Waals surface area contributed by atoms with Crippen LogP contribution >= 0.6 is 0 Å². The third-order valence-corrected chi connectivity index (χ3v) is 17.0. The summed E-state index contributed by atoms with van der Waals surface area (Å²) < 4.78 is 14.5. The fourth-order valence-corrected chi connectivity index (χ4v) is 13.6. The first-order valence-corrected chi connectivity index (χ1v) is 23.7. The minimum Gasteiger partial charge on any atom is -0.497 e. The number of rotatable bonds is 14. The van der Waals surface area contributed by atoms with Crippen LogP contribution in [0.1, 0.15) is 52.0 Å². The number of non-ortho nitro benzene ring substituents is 1. The van der Waals surface area contributed by atoms with Crippen LogP contribution in [0.5, 0.6) is 5.75 Å². The van der Waals surface area contributed by atoms with Crippen LogP contribution in [0.2, 0.25) is 18.6 Å². The Labute approximate surface area is 360 Å². The van der Waals surface area contributed by atoms with Gasteiger partial charge in [0.2, 0.25) is 0 Å². The number of ether oxygens (including phenoxy) is 2. The molecule has 2 aliphatic rings. The lowest BCUT2D eigenvalue weighted by atomic mass is 9.82. The molecule has 1 unspecified atom stereocenters. The number of aliphatic hydroxyl groups is 1. The van der Waals surface area contributed by atoms with Gasteiger partial charge in [-0.1, -0.05) is 85.0 Å². The van der Waals surface area contributed by atoms with E-state index in [1.165, 1.54) is 12.1 Å². The lowest BCUT2D eigenvalue weighted by Crippen LogP contribution is -2.51. The molecule has 62 heavy (non-hydrogen) atoms. The van der Waals surface area contributed by atoms with Crippen molar-refractivity contribution in [2.75, 3.05) is 29.7 Å². The number of aryl methyl sites for hydroxylation is 1. The summed E-state index contributed by atoms with van der Waals surface area (Å²) in [5.41, 5.74) is 8.82. The Kier molecular flexibility index (Phi) is 11.5. The van der Waals surface area contributed by atoms with Crippen molar-refractivity contribution in [3.8, 4) is 5.75 Å². The van der Waals surface area contributed by atoms with Crippen LogP contribution in [-0.4, -0.2) is 64.7 Å². The van der Waals surface area contributed by atoms with E-state index in [0.717, 1.165) is 22.1 Å². The monoisotopic (exact) mass is 851 g/mol. The summed E-state index contributed by atoms with van der Waals surface area (Å²) >= 11 is 0. The minimum absolute atomic E-state index is 0.122. The molecule has 1 fully saturated rings. The topological polar surface area (TPSA) is 188 Å². The summed E-state index contributed by atoms with van der Waals surface area (Å²) in [6.07, 6.45) is 1.84. The maximum Gasteiger partial charge on any atom is 0.269 e. The highest BCUT2D eigenvalue weighted by Crippen LogP contribution is 2.60. The predicted molar refractivity (Wildman–Crippen MR) is 239 cm³/mol. The molecule has 2 amide bonds. The van der Waals surface area contributed by atoms with Crippen molar-refractivity contribution < 1.29 is 29.1 Å². The Bertz CT molecular complexity index is 2600. The maximum absolute atomic E-state index is 15.4. The number of nitrogen functional groups attached to an aromatic ring is 1. The van der Waals surface area contributed by atoms with Crippen LogP contribution in [0.25, 0.3) is 0 Å². The Morgan fingerprint density at radius 1 is 1.02 bits per heavy atom.